The predicted octanol–water partition coefficient (Wildman–Crippen LogP) is 3.07. The van der Waals surface area contributed by atoms with Crippen LogP contribution in [0.4, 0.5) is 0 Å². The van der Waals surface area contributed by atoms with Gasteiger partial charge in [-0.2, -0.15) is 0 Å². The van der Waals surface area contributed by atoms with Gasteiger partial charge < -0.3 is 15.4 Å². The van der Waals surface area contributed by atoms with E-state index < -0.39 is 0 Å². The molecule has 7 heteroatoms. The molecule has 0 radical (unpaired) electrons. The molecule has 0 aromatic carbocycles. The maximum atomic E-state index is 5.55. The summed E-state index contributed by atoms with van der Waals surface area (Å²) in [7, 11) is 1.83. The first-order chi connectivity index (χ1) is 13.1. The van der Waals surface area contributed by atoms with Gasteiger partial charge in [0.1, 0.15) is 0 Å². The lowest BCUT2D eigenvalue weighted by atomic mass is 9.92. The second kappa shape index (κ2) is 11.6. The highest BCUT2D eigenvalue weighted by atomic mass is 32.1. The van der Waals surface area contributed by atoms with Crippen molar-refractivity contribution >= 4 is 17.3 Å². The minimum Gasteiger partial charge on any atom is -0.379 e. The van der Waals surface area contributed by atoms with Gasteiger partial charge in [-0.3, -0.25) is 9.89 Å². The molecule has 0 aliphatic carbocycles. The molecular formula is C20H37N5OS. The van der Waals surface area contributed by atoms with Crippen LogP contribution in [0.25, 0.3) is 0 Å². The van der Waals surface area contributed by atoms with E-state index in [1.54, 1.807) is 11.3 Å². The van der Waals surface area contributed by atoms with Gasteiger partial charge >= 0.3 is 0 Å². The summed E-state index contributed by atoms with van der Waals surface area (Å²) in [5.74, 6) is 2.01. The summed E-state index contributed by atoms with van der Waals surface area (Å²) in [5.41, 5.74) is 1.08. The van der Waals surface area contributed by atoms with Gasteiger partial charge in [0.05, 0.1) is 30.5 Å². The van der Waals surface area contributed by atoms with Crippen molar-refractivity contribution in [3.8, 4) is 0 Å². The first-order valence-electron chi connectivity index (χ1n) is 10.3. The third-order valence-corrected chi connectivity index (χ3v) is 6.50. The van der Waals surface area contributed by atoms with Crippen LogP contribution in [-0.2, 0) is 11.3 Å². The van der Waals surface area contributed by atoms with E-state index in [4.69, 9.17) is 9.72 Å². The van der Waals surface area contributed by atoms with E-state index in [0.29, 0.717) is 24.4 Å². The van der Waals surface area contributed by atoms with Gasteiger partial charge in [-0.15, -0.1) is 11.3 Å². The zero-order valence-electron chi connectivity index (χ0n) is 17.6. The summed E-state index contributed by atoms with van der Waals surface area (Å²) in [4.78, 5) is 11.7. The minimum absolute atomic E-state index is 0.482. The Labute approximate surface area is 168 Å². The van der Waals surface area contributed by atoms with Crippen LogP contribution in [0.1, 0.15) is 57.2 Å². The highest BCUT2D eigenvalue weighted by Gasteiger charge is 2.27. The van der Waals surface area contributed by atoms with Gasteiger partial charge in [0.2, 0.25) is 0 Å². The summed E-state index contributed by atoms with van der Waals surface area (Å²) >= 11 is 1.73. The van der Waals surface area contributed by atoms with Crippen molar-refractivity contribution in [1.29, 1.82) is 0 Å². The fraction of sp³-hybridized carbons (Fsp3) is 0.800. The topological polar surface area (TPSA) is 61.8 Å². The van der Waals surface area contributed by atoms with Crippen LogP contribution in [0, 0.1) is 5.92 Å². The number of aromatic nitrogens is 1. The minimum atomic E-state index is 0.482. The first-order valence-corrected chi connectivity index (χ1v) is 11.2. The number of rotatable bonds is 9. The van der Waals surface area contributed by atoms with E-state index in [9.17, 15) is 0 Å². The summed E-state index contributed by atoms with van der Waals surface area (Å²) in [6.45, 7) is 14.3. The van der Waals surface area contributed by atoms with Crippen LogP contribution in [0.3, 0.4) is 0 Å². The molecule has 6 nitrogen and oxygen atoms in total. The molecule has 1 unspecified atom stereocenters. The molecule has 1 atom stereocenters. The normalized spacial score (nSPS) is 17.5. The Morgan fingerprint density at radius 2 is 1.96 bits per heavy atom. The van der Waals surface area contributed by atoms with Crippen LogP contribution in [0.15, 0.2) is 10.4 Å². The van der Waals surface area contributed by atoms with Crippen molar-refractivity contribution in [1.82, 2.24) is 20.5 Å². The molecule has 0 bridgehead atoms. The number of hydrogen-bond donors (Lipinski definition) is 2. The summed E-state index contributed by atoms with van der Waals surface area (Å²) in [6, 6.07) is 0.509. The fourth-order valence-corrected chi connectivity index (χ4v) is 4.44. The highest BCUT2D eigenvalue weighted by Crippen LogP contribution is 2.20. The van der Waals surface area contributed by atoms with Gasteiger partial charge in [0.25, 0.3) is 0 Å². The molecule has 1 aromatic rings. The van der Waals surface area contributed by atoms with Crippen molar-refractivity contribution in [2.24, 2.45) is 10.9 Å². The van der Waals surface area contributed by atoms with Crippen molar-refractivity contribution in [3.05, 3.63) is 16.1 Å². The third-order valence-electron chi connectivity index (χ3n) is 5.31. The van der Waals surface area contributed by atoms with Crippen LogP contribution >= 0.6 is 11.3 Å². The zero-order valence-corrected chi connectivity index (χ0v) is 18.4. The van der Waals surface area contributed by atoms with Crippen molar-refractivity contribution in [2.75, 3.05) is 39.9 Å². The molecule has 1 aromatic heterocycles. The van der Waals surface area contributed by atoms with Crippen molar-refractivity contribution in [2.45, 2.75) is 59.0 Å². The van der Waals surface area contributed by atoms with E-state index in [0.717, 1.165) is 44.5 Å². The molecule has 1 saturated heterocycles. The summed E-state index contributed by atoms with van der Waals surface area (Å²) in [6.07, 6.45) is 2.39. The Bertz CT molecular complexity index is 564. The standard InChI is InChI=1S/C20H37N5OS/c1-6-16(7-2)18(25-8-10-26-11-9-25)13-23-20(21-5)22-12-17-14-27-19(24-17)15(3)4/h14-16,18H,6-13H2,1-5H3,(H2,21,22,23). The van der Waals surface area contributed by atoms with Crippen LogP contribution in [0.5, 0.6) is 0 Å². The molecule has 2 N–H and O–H groups in total. The molecule has 0 saturated carbocycles. The van der Waals surface area contributed by atoms with Crippen molar-refractivity contribution in [3.63, 3.8) is 0 Å². The Hall–Kier alpha value is -1.18. The van der Waals surface area contributed by atoms with Gasteiger partial charge in [0, 0.05) is 44.0 Å². The lowest BCUT2D eigenvalue weighted by molar-refractivity contribution is 0.00272. The smallest absolute Gasteiger partial charge is 0.191 e. The third kappa shape index (κ3) is 6.73. The Balaban J connectivity index is 1.90. The molecule has 154 valence electrons. The van der Waals surface area contributed by atoms with E-state index in [1.807, 2.05) is 7.05 Å². The van der Waals surface area contributed by atoms with E-state index in [2.05, 4.69) is 53.6 Å². The molecule has 2 rings (SSSR count). The maximum Gasteiger partial charge on any atom is 0.191 e. The molecule has 1 aliphatic rings. The number of aliphatic imine (C=N–C) groups is 1. The summed E-state index contributed by atoms with van der Waals surface area (Å²) in [5, 5.41) is 10.3. The molecule has 27 heavy (non-hydrogen) atoms. The zero-order chi connectivity index (χ0) is 19.6. The fourth-order valence-electron chi connectivity index (χ4n) is 3.60. The second-order valence-corrected chi connectivity index (χ2v) is 8.32. The van der Waals surface area contributed by atoms with Crippen LogP contribution in [0.2, 0.25) is 0 Å². The number of guanidine groups is 1. The van der Waals surface area contributed by atoms with Crippen LogP contribution < -0.4 is 10.6 Å². The number of nitrogens with one attached hydrogen (secondary N) is 2. The Morgan fingerprint density at radius 3 is 2.52 bits per heavy atom. The molecule has 0 amide bonds. The molecule has 1 fully saturated rings. The predicted molar refractivity (Wildman–Crippen MR) is 115 cm³/mol. The largest absolute Gasteiger partial charge is 0.379 e. The number of ether oxygens (including phenoxy) is 1. The highest BCUT2D eigenvalue weighted by molar-refractivity contribution is 7.09. The Morgan fingerprint density at radius 1 is 1.26 bits per heavy atom. The second-order valence-electron chi connectivity index (χ2n) is 7.43. The molecule has 2 heterocycles. The van der Waals surface area contributed by atoms with Crippen molar-refractivity contribution < 1.29 is 4.74 Å². The quantitative estimate of drug-likeness (QED) is 0.497. The number of hydrogen-bond acceptors (Lipinski definition) is 5. The maximum absolute atomic E-state index is 5.55. The molecule has 1 aliphatic heterocycles. The van der Waals surface area contributed by atoms with E-state index in [1.165, 1.54) is 17.8 Å². The van der Waals surface area contributed by atoms with E-state index >= 15 is 0 Å². The van der Waals surface area contributed by atoms with Crippen LogP contribution in [-0.4, -0.2) is 61.8 Å². The average molecular weight is 396 g/mol. The number of morpholine rings is 1. The SMILES string of the molecule is CCC(CC)C(CNC(=NC)NCc1csc(C(C)C)n1)N1CCOCC1. The van der Waals surface area contributed by atoms with E-state index in [-0.39, 0.29) is 0 Å². The monoisotopic (exact) mass is 395 g/mol. The average Bonchev–Trinajstić information content (AvgIpc) is 3.17. The Kier molecular flexibility index (Phi) is 9.51. The lowest BCUT2D eigenvalue weighted by Crippen LogP contribution is -2.53. The van der Waals surface area contributed by atoms with Gasteiger partial charge in [-0.1, -0.05) is 40.5 Å². The summed E-state index contributed by atoms with van der Waals surface area (Å²) < 4.78 is 5.55. The molecular weight excluding hydrogens is 358 g/mol. The number of thiazole rings is 1. The number of nitrogens with zero attached hydrogens (tertiary/aromatic N) is 3. The molecule has 0 spiro atoms. The van der Waals surface area contributed by atoms with Gasteiger partial charge in [-0.05, 0) is 5.92 Å². The first kappa shape index (κ1) is 22.1. The van der Waals surface area contributed by atoms with Gasteiger partial charge in [-0.25, -0.2) is 4.98 Å². The lowest BCUT2D eigenvalue weighted by Gasteiger charge is -2.39. The van der Waals surface area contributed by atoms with Gasteiger partial charge in [0.15, 0.2) is 5.96 Å².